The Morgan fingerprint density at radius 2 is 1.70 bits per heavy atom. The molecule has 166 valence electrons. The lowest BCUT2D eigenvalue weighted by molar-refractivity contribution is -0.176. The molecule has 0 amide bonds. The fraction of sp³-hybridized carbons (Fsp3) is 0.400. The monoisotopic (exact) mass is 537 g/mol. The van der Waals surface area contributed by atoms with Crippen LogP contribution in [0.3, 0.4) is 0 Å². The van der Waals surface area contributed by atoms with Gasteiger partial charge >= 0.3 is 6.18 Å². The Labute approximate surface area is 192 Å². The lowest BCUT2D eigenvalue weighted by Gasteiger charge is -2.17. The van der Waals surface area contributed by atoms with Gasteiger partial charge in [0.05, 0.1) is 6.61 Å². The van der Waals surface area contributed by atoms with Crippen molar-refractivity contribution in [1.29, 1.82) is 0 Å². The molecule has 0 aliphatic rings. The first-order valence-corrected chi connectivity index (χ1v) is 9.06. The molecule has 2 N–H and O–H groups in total. The van der Waals surface area contributed by atoms with Crippen molar-refractivity contribution in [1.82, 2.24) is 15.6 Å². The summed E-state index contributed by atoms with van der Waals surface area (Å²) in [6.07, 6.45) is -2.56. The highest BCUT2D eigenvalue weighted by atomic mass is 127. The molecule has 0 radical (unpaired) electrons. The van der Waals surface area contributed by atoms with Gasteiger partial charge in [-0.1, -0.05) is 30.3 Å². The Morgan fingerprint density at radius 3 is 2.30 bits per heavy atom. The number of pyridine rings is 1. The molecular weight excluding hydrogens is 510 g/mol. The lowest BCUT2D eigenvalue weighted by atomic mass is 10.1. The molecule has 1 aromatic heterocycles. The molecule has 1 aromatic carbocycles. The Balaban J connectivity index is 0.00000450. The van der Waals surface area contributed by atoms with E-state index in [2.05, 4.69) is 25.3 Å². The van der Waals surface area contributed by atoms with Crippen molar-refractivity contribution in [3.05, 3.63) is 59.3 Å². The van der Waals surface area contributed by atoms with Gasteiger partial charge in [-0.05, 0) is 17.2 Å². The van der Waals surface area contributed by atoms with Gasteiger partial charge in [-0.25, -0.2) is 4.98 Å². The van der Waals surface area contributed by atoms with E-state index in [9.17, 15) is 13.2 Å². The largest absolute Gasteiger partial charge is 0.411 e. The summed E-state index contributed by atoms with van der Waals surface area (Å²) in [4.78, 5) is 10.5. The molecule has 0 atom stereocenters. The predicted octanol–water partition coefficient (Wildman–Crippen LogP) is 3.71. The van der Waals surface area contributed by atoms with E-state index in [1.165, 1.54) is 0 Å². The van der Waals surface area contributed by atoms with Crippen molar-refractivity contribution in [2.75, 3.05) is 32.6 Å². The number of halogens is 4. The molecule has 2 aromatic rings. The maximum absolute atomic E-state index is 12.1. The van der Waals surface area contributed by atoms with Gasteiger partial charge in [0.1, 0.15) is 12.4 Å². The number of rotatable bonds is 8. The SMILES string of the molecule is CN=C(NCc1ccc(COCC(F)(F)F)cc1)NCc1cccnc1N(C)C.I. The van der Waals surface area contributed by atoms with E-state index in [-0.39, 0.29) is 30.6 Å². The minimum absolute atomic E-state index is 0. The molecule has 0 saturated carbocycles. The number of anilines is 1. The highest BCUT2D eigenvalue weighted by Gasteiger charge is 2.27. The average Bonchev–Trinajstić information content (AvgIpc) is 2.68. The second-order valence-electron chi connectivity index (χ2n) is 6.58. The maximum Gasteiger partial charge on any atom is 0.411 e. The van der Waals surface area contributed by atoms with Gasteiger partial charge in [-0.15, -0.1) is 24.0 Å². The average molecular weight is 537 g/mol. The lowest BCUT2D eigenvalue weighted by Crippen LogP contribution is -2.36. The molecule has 6 nitrogen and oxygen atoms in total. The van der Waals surface area contributed by atoms with E-state index in [1.54, 1.807) is 25.4 Å². The maximum atomic E-state index is 12.1. The fourth-order valence-electron chi connectivity index (χ4n) is 2.59. The van der Waals surface area contributed by atoms with Crippen molar-refractivity contribution in [3.63, 3.8) is 0 Å². The van der Waals surface area contributed by atoms with Crippen LogP contribution in [-0.4, -0.2) is 44.9 Å². The van der Waals surface area contributed by atoms with Crippen LogP contribution < -0.4 is 15.5 Å². The van der Waals surface area contributed by atoms with Gasteiger partial charge < -0.3 is 20.3 Å². The van der Waals surface area contributed by atoms with Gasteiger partial charge in [0.15, 0.2) is 5.96 Å². The first kappa shape index (κ1) is 26.0. The van der Waals surface area contributed by atoms with Crippen molar-refractivity contribution >= 4 is 35.8 Å². The number of ether oxygens (including phenoxy) is 1. The zero-order chi connectivity index (χ0) is 21.3. The third kappa shape index (κ3) is 9.16. The zero-order valence-corrected chi connectivity index (χ0v) is 19.5. The molecular formula is C20H27F3IN5O. The van der Waals surface area contributed by atoms with Crippen LogP contribution >= 0.6 is 24.0 Å². The first-order chi connectivity index (χ1) is 13.8. The minimum Gasteiger partial charge on any atom is -0.367 e. The second kappa shape index (κ2) is 12.6. The van der Waals surface area contributed by atoms with E-state index in [0.29, 0.717) is 24.6 Å². The molecule has 0 aliphatic carbocycles. The smallest absolute Gasteiger partial charge is 0.367 e. The predicted molar refractivity (Wildman–Crippen MR) is 123 cm³/mol. The second-order valence-corrected chi connectivity index (χ2v) is 6.58. The van der Waals surface area contributed by atoms with E-state index >= 15 is 0 Å². The summed E-state index contributed by atoms with van der Waals surface area (Å²) in [5.74, 6) is 1.52. The van der Waals surface area contributed by atoms with Gasteiger partial charge in [0.2, 0.25) is 0 Å². The number of aromatic nitrogens is 1. The van der Waals surface area contributed by atoms with Gasteiger partial charge in [0.25, 0.3) is 0 Å². The van der Waals surface area contributed by atoms with Crippen LogP contribution in [0.25, 0.3) is 0 Å². The number of guanidine groups is 1. The fourth-order valence-corrected chi connectivity index (χ4v) is 2.59. The van der Waals surface area contributed by atoms with Crippen LogP contribution in [-0.2, 0) is 24.4 Å². The third-order valence-electron chi connectivity index (χ3n) is 3.98. The zero-order valence-electron chi connectivity index (χ0n) is 17.2. The number of aliphatic imine (C=N–C) groups is 1. The van der Waals surface area contributed by atoms with Crippen LogP contribution in [0.15, 0.2) is 47.6 Å². The van der Waals surface area contributed by atoms with Gasteiger partial charge in [-0.2, -0.15) is 13.2 Å². The minimum atomic E-state index is -4.31. The van der Waals surface area contributed by atoms with Crippen LogP contribution in [0.5, 0.6) is 0 Å². The number of nitrogens with zero attached hydrogens (tertiary/aromatic N) is 3. The number of hydrogen-bond donors (Lipinski definition) is 2. The summed E-state index contributed by atoms with van der Waals surface area (Å²) in [5, 5.41) is 6.46. The molecule has 30 heavy (non-hydrogen) atoms. The van der Waals surface area contributed by atoms with Crippen molar-refractivity contribution < 1.29 is 17.9 Å². The molecule has 0 fully saturated rings. The summed E-state index contributed by atoms with van der Waals surface area (Å²) < 4.78 is 41.0. The Hall–Kier alpha value is -2.08. The summed E-state index contributed by atoms with van der Waals surface area (Å²) in [5.41, 5.74) is 2.71. The number of alkyl halides is 3. The van der Waals surface area contributed by atoms with Crippen molar-refractivity contribution in [2.24, 2.45) is 4.99 Å². The van der Waals surface area contributed by atoms with E-state index < -0.39 is 12.8 Å². The Bertz CT molecular complexity index is 798. The van der Waals surface area contributed by atoms with Gasteiger partial charge in [0, 0.05) is 46.0 Å². The van der Waals surface area contributed by atoms with Crippen LogP contribution in [0, 0.1) is 0 Å². The third-order valence-corrected chi connectivity index (χ3v) is 3.98. The Morgan fingerprint density at radius 1 is 1.07 bits per heavy atom. The highest BCUT2D eigenvalue weighted by molar-refractivity contribution is 14.0. The standard InChI is InChI=1S/C20H26F3N5O.HI/c1-24-19(27-12-17-5-4-10-25-18(17)28(2)3)26-11-15-6-8-16(9-7-15)13-29-14-20(21,22)23;/h4-10H,11-14H2,1-3H3,(H2,24,26,27);1H. The van der Waals surface area contributed by atoms with Crippen LogP contribution in [0.2, 0.25) is 0 Å². The van der Waals surface area contributed by atoms with Crippen molar-refractivity contribution in [3.8, 4) is 0 Å². The van der Waals surface area contributed by atoms with E-state index in [1.807, 2.05) is 43.3 Å². The van der Waals surface area contributed by atoms with E-state index in [0.717, 1.165) is 16.9 Å². The molecule has 10 heteroatoms. The molecule has 0 saturated heterocycles. The van der Waals surface area contributed by atoms with Crippen LogP contribution in [0.4, 0.5) is 19.0 Å². The number of nitrogens with one attached hydrogen (secondary N) is 2. The van der Waals surface area contributed by atoms with E-state index in [4.69, 9.17) is 0 Å². The van der Waals surface area contributed by atoms with Crippen LogP contribution in [0.1, 0.15) is 16.7 Å². The first-order valence-electron chi connectivity index (χ1n) is 9.06. The molecule has 2 rings (SSSR count). The summed E-state index contributed by atoms with van der Waals surface area (Å²) in [6, 6.07) is 11.1. The summed E-state index contributed by atoms with van der Waals surface area (Å²) >= 11 is 0. The normalized spacial score (nSPS) is 11.6. The molecule has 0 bridgehead atoms. The van der Waals surface area contributed by atoms with Gasteiger partial charge in [-0.3, -0.25) is 4.99 Å². The Kier molecular flexibility index (Phi) is 10.9. The highest BCUT2D eigenvalue weighted by Crippen LogP contribution is 2.16. The molecule has 0 spiro atoms. The molecule has 0 aliphatic heterocycles. The number of benzene rings is 1. The topological polar surface area (TPSA) is 61.8 Å². The molecule has 0 unspecified atom stereocenters. The summed E-state index contributed by atoms with van der Waals surface area (Å²) in [7, 11) is 5.57. The number of hydrogen-bond acceptors (Lipinski definition) is 4. The summed E-state index contributed by atoms with van der Waals surface area (Å²) in [6.45, 7) is -0.228. The van der Waals surface area contributed by atoms with Crippen molar-refractivity contribution in [2.45, 2.75) is 25.9 Å². The quantitative estimate of drug-likeness (QED) is 0.306. The molecule has 1 heterocycles.